The van der Waals surface area contributed by atoms with Crippen LogP contribution in [0.3, 0.4) is 0 Å². The molecule has 0 aromatic heterocycles. The first-order valence-corrected chi connectivity index (χ1v) is 14.4. The summed E-state index contributed by atoms with van der Waals surface area (Å²) in [5, 5.41) is 0. The molecule has 41 heavy (non-hydrogen) atoms. The van der Waals surface area contributed by atoms with Gasteiger partial charge >= 0.3 is 139 Å². The van der Waals surface area contributed by atoms with E-state index in [1.54, 1.807) is 0 Å². The molecule has 0 aliphatic heterocycles. The molecular weight excluding hydrogens is 495 g/mol. The van der Waals surface area contributed by atoms with Crippen LogP contribution in [0.5, 0.6) is 0 Å². The molecule has 5 rings (SSSR count). The molecule has 168 valence electrons. The Kier molecular flexibility index (Phi) is 13.7. The van der Waals surface area contributed by atoms with Gasteiger partial charge in [0.2, 0.25) is 0 Å². The van der Waals surface area contributed by atoms with Gasteiger partial charge in [-0.15, -0.1) is 0 Å². The van der Waals surface area contributed by atoms with E-state index in [4.69, 9.17) is 81.7 Å². The third-order valence-electron chi connectivity index (χ3n) is 8.37. The first-order chi connectivity index (χ1) is 19.5. The molecule has 18 radical (unpaired) electrons. The SMILES string of the molecule is O=Cc1cc2c(cc1C#Cc1ccccc1)C1CCC2CC1.[B]B([B])B([B])B(B([B])[B])B(B=S)B(B([B])[B])B([B])[B]. The first-order valence-electron chi connectivity index (χ1n) is 14.0. The van der Waals surface area contributed by atoms with E-state index in [0.29, 0.717) is 11.8 Å². The monoisotopic (exact) mass is 516 g/mol. The number of carbonyl (C=O) groups is 1. The minimum atomic E-state index is -0.819. The second-order valence-corrected chi connectivity index (χ2v) is 11.4. The zero-order valence-corrected chi connectivity index (χ0v) is 24.1. The zero-order chi connectivity index (χ0) is 30.3. The fraction of sp³-hybridized carbons (Fsp3) is 0.286. The van der Waals surface area contributed by atoms with E-state index in [-0.39, 0.29) is 0 Å². The van der Waals surface area contributed by atoms with Gasteiger partial charge in [-0.1, -0.05) is 30.0 Å². The molecule has 2 aromatic rings. The molecule has 0 atom stereocenters. The van der Waals surface area contributed by atoms with Crippen LogP contribution in [-0.2, 0) is 0 Å². The van der Waals surface area contributed by atoms with Gasteiger partial charge in [0.25, 0.3) is 0 Å². The van der Waals surface area contributed by atoms with E-state index >= 15 is 0 Å². The van der Waals surface area contributed by atoms with Crippen molar-refractivity contribution in [3.8, 4) is 11.8 Å². The van der Waals surface area contributed by atoms with Crippen molar-refractivity contribution in [1.29, 1.82) is 0 Å². The first kappa shape index (κ1) is 34.5. The van der Waals surface area contributed by atoms with Crippen molar-refractivity contribution in [1.82, 2.24) is 0 Å². The number of aldehydes is 1. The number of hydrogen-bond acceptors (Lipinski definition) is 2. The predicted octanol–water partition coefficient (Wildman–Crippen LogP) is -1.55. The molecule has 2 bridgehead atoms. The van der Waals surface area contributed by atoms with Crippen LogP contribution in [0.1, 0.15) is 70.1 Å². The van der Waals surface area contributed by atoms with Gasteiger partial charge in [0.15, 0.2) is 6.29 Å². The molecular formula is C21H18B18OS. The maximum atomic E-state index is 11.5. The summed E-state index contributed by atoms with van der Waals surface area (Å²) in [5.41, 5.74) is 5.47. The van der Waals surface area contributed by atoms with Crippen molar-refractivity contribution in [3.05, 3.63) is 70.3 Å². The molecule has 0 saturated heterocycles. The molecule has 0 heterocycles. The third kappa shape index (κ3) is 8.80. The molecule has 0 amide bonds. The van der Waals surface area contributed by atoms with Gasteiger partial charge < -0.3 is 0 Å². The van der Waals surface area contributed by atoms with Crippen LogP contribution in [0.25, 0.3) is 0 Å². The van der Waals surface area contributed by atoms with Crippen molar-refractivity contribution in [2.45, 2.75) is 37.5 Å². The third-order valence-corrected chi connectivity index (χ3v) is 8.69. The van der Waals surface area contributed by atoms with Crippen LogP contribution >= 0.6 is 12.1 Å². The van der Waals surface area contributed by atoms with Crippen molar-refractivity contribution < 1.29 is 4.79 Å². The summed E-state index contributed by atoms with van der Waals surface area (Å²) in [7, 11) is 51.4. The molecule has 2 aromatic carbocycles. The van der Waals surface area contributed by atoms with Crippen LogP contribution in [0.15, 0.2) is 42.5 Å². The average molecular weight is 513 g/mol. The van der Waals surface area contributed by atoms with E-state index < -0.39 is 51.1 Å². The van der Waals surface area contributed by atoms with Gasteiger partial charge in [-0.25, -0.2) is 0 Å². The molecule has 20 heteroatoms. The van der Waals surface area contributed by atoms with Crippen LogP contribution in [0, 0.1) is 11.8 Å². The molecule has 1 fully saturated rings. The number of carbonyl (C=O) groups excluding carboxylic acids is 1. The van der Waals surface area contributed by atoms with E-state index in [9.17, 15) is 4.79 Å². The maximum absolute atomic E-state index is 11.5. The van der Waals surface area contributed by atoms with Gasteiger partial charge in [0.1, 0.15) is 0 Å². The standard InChI is InChI=1S/C21H18O.B18S/c22-14-19-13-21-17-10-8-16(9-11-17)20(21)12-18(19)7-6-15-4-2-1-3-5-15;1-11(2)15(9)18(14(7)8)16(10-19)17(12(3)4)13(5)6/h1-5,12-14,16-17H,8-11H2;. The molecule has 0 N–H and O–H groups in total. The normalized spacial score (nSPS) is 15.7. The Bertz CT molecular complexity index is 1220. The summed E-state index contributed by atoms with van der Waals surface area (Å²) in [6, 6.07) is 15.6. The van der Waals surface area contributed by atoms with Gasteiger partial charge in [-0.05, 0) is 72.9 Å². The van der Waals surface area contributed by atoms with E-state index in [2.05, 4.69) is 24.0 Å². The van der Waals surface area contributed by atoms with E-state index in [1.807, 2.05) is 30.3 Å². The summed E-state index contributed by atoms with van der Waals surface area (Å²) in [4.78, 5) is 11.5. The molecule has 0 unspecified atom stereocenters. The van der Waals surface area contributed by atoms with Crippen molar-refractivity contribution in [2.75, 3.05) is 0 Å². The Morgan fingerprint density at radius 2 is 1.24 bits per heavy atom. The average Bonchev–Trinajstić information content (AvgIpc) is 2.95. The van der Waals surface area contributed by atoms with Crippen molar-refractivity contribution in [2.24, 2.45) is 0 Å². The Morgan fingerprint density at radius 3 is 1.68 bits per heavy atom. The number of fused-ring (bicyclic) bond motifs is 2. The molecule has 0 spiro atoms. The van der Waals surface area contributed by atoms with Gasteiger partial charge in [-0.2, -0.15) is 0 Å². The summed E-state index contributed by atoms with van der Waals surface area (Å²) in [6.07, 6.45) is 0.645. The summed E-state index contributed by atoms with van der Waals surface area (Å²) < 4.78 is 0. The summed E-state index contributed by atoms with van der Waals surface area (Å²) in [6.45, 7) is 0. The number of rotatable bonds is 9. The quantitative estimate of drug-likeness (QED) is 0.230. The van der Waals surface area contributed by atoms with Crippen molar-refractivity contribution >= 4 is 145 Å². The fourth-order valence-corrected chi connectivity index (χ4v) is 6.54. The minimum absolute atomic E-state index is 0.473. The Labute approximate surface area is 268 Å². The Morgan fingerprint density at radius 1 is 0.732 bits per heavy atom. The Balaban J connectivity index is 0.000000229. The molecule has 3 aliphatic rings. The van der Waals surface area contributed by atoms with Crippen LogP contribution in [-0.4, -0.2) is 133 Å². The van der Waals surface area contributed by atoms with E-state index in [1.165, 1.54) is 42.9 Å². The second kappa shape index (κ2) is 16.2. The van der Waals surface area contributed by atoms with Gasteiger partial charge in [-0.3, -0.25) is 4.79 Å². The van der Waals surface area contributed by atoms with Crippen LogP contribution in [0.4, 0.5) is 0 Å². The second-order valence-electron chi connectivity index (χ2n) is 11.1. The van der Waals surface area contributed by atoms with E-state index in [0.717, 1.165) is 23.0 Å². The molecule has 1 saturated carbocycles. The van der Waals surface area contributed by atoms with Crippen molar-refractivity contribution in [3.63, 3.8) is 0 Å². The molecule has 1 nitrogen and oxygen atoms in total. The number of benzene rings is 2. The fourth-order valence-electron chi connectivity index (χ4n) is 6.17. The Hall–Kier alpha value is -0.941. The molecule has 3 aliphatic carbocycles. The number of hydrogen-bond donors (Lipinski definition) is 0. The van der Waals surface area contributed by atoms with Crippen LogP contribution < -0.4 is 0 Å². The topological polar surface area (TPSA) is 17.1 Å². The van der Waals surface area contributed by atoms with Crippen LogP contribution in [0.2, 0.25) is 0 Å². The zero-order valence-electron chi connectivity index (χ0n) is 23.3. The summed E-state index contributed by atoms with van der Waals surface area (Å²) >= 11 is 4.99. The summed E-state index contributed by atoms with van der Waals surface area (Å²) in [5.74, 6) is 7.73. The van der Waals surface area contributed by atoms with Gasteiger partial charge in [0, 0.05) is 16.7 Å². The predicted molar refractivity (Wildman–Crippen MR) is 199 cm³/mol. The van der Waals surface area contributed by atoms with Gasteiger partial charge in [0.05, 0.1) is 0 Å².